The number of piperazine rings is 1. The van der Waals surface area contributed by atoms with Crippen molar-refractivity contribution in [2.24, 2.45) is 11.7 Å². The summed E-state index contributed by atoms with van der Waals surface area (Å²) in [6.45, 7) is 8.69. The third-order valence-electron chi connectivity index (χ3n) is 3.69. The van der Waals surface area contributed by atoms with Crippen LogP contribution in [0.2, 0.25) is 0 Å². The van der Waals surface area contributed by atoms with Gasteiger partial charge in [-0.25, -0.2) is 0 Å². The summed E-state index contributed by atoms with van der Waals surface area (Å²) in [5, 5.41) is 2.11. The summed E-state index contributed by atoms with van der Waals surface area (Å²) in [4.78, 5) is 18.0. The first kappa shape index (κ1) is 15.5. The molecule has 4 nitrogen and oxygen atoms in total. The molecule has 1 saturated heterocycles. The predicted molar refractivity (Wildman–Crippen MR) is 83.6 cm³/mol. The van der Waals surface area contributed by atoms with Crippen LogP contribution < -0.4 is 5.73 Å². The summed E-state index contributed by atoms with van der Waals surface area (Å²) in [5.74, 6) is 0.587. The minimum absolute atomic E-state index is 0.120. The highest BCUT2D eigenvalue weighted by molar-refractivity contribution is 7.09. The smallest absolute Gasteiger partial charge is 0.239 e. The molecule has 0 spiro atoms. The molecule has 1 atom stereocenters. The van der Waals surface area contributed by atoms with E-state index in [0.717, 1.165) is 39.1 Å². The lowest BCUT2D eigenvalue weighted by Crippen LogP contribution is -2.53. The zero-order chi connectivity index (χ0) is 14.5. The third kappa shape index (κ3) is 4.30. The molecule has 112 valence electrons. The van der Waals surface area contributed by atoms with Crippen LogP contribution in [0.4, 0.5) is 0 Å². The molecule has 2 rings (SSSR count). The zero-order valence-electron chi connectivity index (χ0n) is 12.4. The summed E-state index contributed by atoms with van der Waals surface area (Å²) in [5.41, 5.74) is 5.99. The number of nitrogens with two attached hydrogens (primary N) is 1. The van der Waals surface area contributed by atoms with Gasteiger partial charge in [-0.1, -0.05) is 19.9 Å². The lowest BCUT2D eigenvalue weighted by molar-refractivity contribution is -0.134. The van der Waals surface area contributed by atoms with Crippen LogP contribution in [-0.4, -0.2) is 47.9 Å². The molecule has 0 aromatic carbocycles. The van der Waals surface area contributed by atoms with Gasteiger partial charge in [0.15, 0.2) is 0 Å². The van der Waals surface area contributed by atoms with E-state index in [1.807, 2.05) is 4.90 Å². The second-order valence-electron chi connectivity index (χ2n) is 5.92. The van der Waals surface area contributed by atoms with Crippen LogP contribution in [0.1, 0.15) is 25.1 Å². The molecule has 1 aromatic heterocycles. The van der Waals surface area contributed by atoms with Gasteiger partial charge in [0, 0.05) is 37.6 Å². The average molecular weight is 295 g/mol. The summed E-state index contributed by atoms with van der Waals surface area (Å²) in [6.07, 6.45) is 0.772. The Bertz CT molecular complexity index is 411. The molecule has 0 saturated carbocycles. The summed E-state index contributed by atoms with van der Waals surface area (Å²) in [7, 11) is 0. The van der Waals surface area contributed by atoms with E-state index in [0.29, 0.717) is 5.92 Å². The predicted octanol–water partition coefficient (Wildman–Crippen LogP) is 1.77. The van der Waals surface area contributed by atoms with Gasteiger partial charge in [0.1, 0.15) is 0 Å². The molecule has 1 aliphatic rings. The maximum atomic E-state index is 12.2. The van der Waals surface area contributed by atoms with Gasteiger partial charge in [-0.2, -0.15) is 0 Å². The lowest BCUT2D eigenvalue weighted by atomic mass is 10.0. The zero-order valence-corrected chi connectivity index (χ0v) is 13.2. The minimum atomic E-state index is -0.334. The molecule has 2 N–H and O–H groups in total. The molecule has 1 fully saturated rings. The van der Waals surface area contributed by atoms with Gasteiger partial charge >= 0.3 is 0 Å². The van der Waals surface area contributed by atoms with Crippen LogP contribution in [0.5, 0.6) is 0 Å². The summed E-state index contributed by atoms with van der Waals surface area (Å²) >= 11 is 1.79. The Balaban J connectivity index is 1.77. The van der Waals surface area contributed by atoms with E-state index in [2.05, 4.69) is 36.3 Å². The molecular weight excluding hydrogens is 270 g/mol. The number of rotatable bonds is 5. The van der Waals surface area contributed by atoms with Crippen LogP contribution in [0.3, 0.4) is 0 Å². The quantitative estimate of drug-likeness (QED) is 0.900. The molecular formula is C15H25N3OS. The van der Waals surface area contributed by atoms with Crippen molar-refractivity contribution in [1.29, 1.82) is 0 Å². The van der Waals surface area contributed by atoms with Crippen molar-refractivity contribution >= 4 is 17.2 Å². The summed E-state index contributed by atoms with van der Waals surface area (Å²) < 4.78 is 0. The molecule has 0 aliphatic carbocycles. The molecule has 1 amide bonds. The largest absolute Gasteiger partial charge is 0.339 e. The molecule has 0 bridgehead atoms. The molecule has 5 heteroatoms. The normalized spacial score (nSPS) is 18.5. The Kier molecular flexibility index (Phi) is 5.57. The van der Waals surface area contributed by atoms with E-state index >= 15 is 0 Å². The van der Waals surface area contributed by atoms with E-state index in [4.69, 9.17) is 5.73 Å². The van der Waals surface area contributed by atoms with E-state index in [9.17, 15) is 4.79 Å². The Labute approximate surface area is 125 Å². The molecule has 20 heavy (non-hydrogen) atoms. The third-order valence-corrected chi connectivity index (χ3v) is 4.55. The fourth-order valence-corrected chi connectivity index (χ4v) is 3.34. The van der Waals surface area contributed by atoms with Crippen LogP contribution in [-0.2, 0) is 11.3 Å². The van der Waals surface area contributed by atoms with Crippen LogP contribution in [0.15, 0.2) is 17.5 Å². The van der Waals surface area contributed by atoms with Gasteiger partial charge in [-0.3, -0.25) is 9.69 Å². The first-order valence-electron chi connectivity index (χ1n) is 7.35. The highest BCUT2D eigenvalue weighted by Crippen LogP contribution is 2.14. The number of hydrogen-bond donors (Lipinski definition) is 1. The van der Waals surface area contributed by atoms with Gasteiger partial charge in [0.05, 0.1) is 6.04 Å². The van der Waals surface area contributed by atoms with E-state index in [1.165, 1.54) is 4.88 Å². The van der Waals surface area contributed by atoms with Gasteiger partial charge in [-0.05, 0) is 23.8 Å². The average Bonchev–Trinajstić information content (AvgIpc) is 2.91. The van der Waals surface area contributed by atoms with Gasteiger partial charge < -0.3 is 10.6 Å². The van der Waals surface area contributed by atoms with Crippen LogP contribution in [0.25, 0.3) is 0 Å². The van der Waals surface area contributed by atoms with Gasteiger partial charge in [-0.15, -0.1) is 11.3 Å². The minimum Gasteiger partial charge on any atom is -0.339 e. The van der Waals surface area contributed by atoms with Gasteiger partial charge in [0.25, 0.3) is 0 Å². The maximum absolute atomic E-state index is 12.2. The van der Waals surface area contributed by atoms with Gasteiger partial charge in [0.2, 0.25) is 5.91 Å². The number of carbonyl (C=O) groups is 1. The monoisotopic (exact) mass is 295 g/mol. The fourth-order valence-electron chi connectivity index (χ4n) is 2.59. The molecule has 1 aliphatic heterocycles. The van der Waals surface area contributed by atoms with Crippen molar-refractivity contribution in [2.75, 3.05) is 26.2 Å². The first-order chi connectivity index (χ1) is 9.56. The number of hydrogen-bond acceptors (Lipinski definition) is 4. The molecule has 1 aromatic rings. The van der Waals surface area contributed by atoms with E-state index in [1.54, 1.807) is 11.3 Å². The van der Waals surface area contributed by atoms with Crippen molar-refractivity contribution in [3.05, 3.63) is 22.4 Å². The SMILES string of the molecule is CC(C)CC(N)C(=O)N1CCN(Cc2cccs2)CC1. The standard InChI is InChI=1S/C15H25N3OS/c1-12(2)10-14(16)15(19)18-7-5-17(6-8-18)11-13-4-3-9-20-13/h3-4,9,12,14H,5-8,10-11,16H2,1-2H3. The van der Waals surface area contributed by atoms with Crippen LogP contribution >= 0.6 is 11.3 Å². The number of nitrogens with zero attached hydrogens (tertiary/aromatic N) is 2. The maximum Gasteiger partial charge on any atom is 0.239 e. The molecule has 2 heterocycles. The van der Waals surface area contributed by atoms with Crippen molar-refractivity contribution in [3.63, 3.8) is 0 Å². The Morgan fingerprint density at radius 3 is 2.60 bits per heavy atom. The van der Waals surface area contributed by atoms with Crippen LogP contribution in [0, 0.1) is 5.92 Å². The lowest BCUT2D eigenvalue weighted by Gasteiger charge is -2.35. The van der Waals surface area contributed by atoms with E-state index < -0.39 is 0 Å². The number of amides is 1. The molecule has 0 radical (unpaired) electrons. The van der Waals surface area contributed by atoms with E-state index in [-0.39, 0.29) is 11.9 Å². The Morgan fingerprint density at radius 1 is 1.35 bits per heavy atom. The highest BCUT2D eigenvalue weighted by atomic mass is 32.1. The summed E-state index contributed by atoms with van der Waals surface area (Å²) in [6, 6.07) is 3.92. The van der Waals surface area contributed by atoms with Crippen molar-refractivity contribution < 1.29 is 4.79 Å². The number of thiophene rings is 1. The first-order valence-corrected chi connectivity index (χ1v) is 8.23. The second kappa shape index (κ2) is 7.20. The fraction of sp³-hybridized carbons (Fsp3) is 0.667. The van der Waals surface area contributed by atoms with Crippen molar-refractivity contribution in [2.45, 2.75) is 32.9 Å². The molecule has 1 unspecified atom stereocenters. The Morgan fingerprint density at radius 2 is 2.05 bits per heavy atom. The number of carbonyl (C=O) groups excluding carboxylic acids is 1. The van der Waals surface area contributed by atoms with Crippen molar-refractivity contribution in [3.8, 4) is 0 Å². The Hall–Kier alpha value is -0.910. The van der Waals surface area contributed by atoms with Crippen molar-refractivity contribution in [1.82, 2.24) is 9.80 Å². The topological polar surface area (TPSA) is 49.6 Å². The highest BCUT2D eigenvalue weighted by Gasteiger charge is 2.25. The second-order valence-corrected chi connectivity index (χ2v) is 6.95.